The van der Waals surface area contributed by atoms with Crippen LogP contribution in [0.2, 0.25) is 5.02 Å². The molecule has 0 fully saturated rings. The van der Waals surface area contributed by atoms with Gasteiger partial charge in [-0.1, -0.05) is 41.9 Å². The molecule has 8 heteroatoms. The van der Waals surface area contributed by atoms with Gasteiger partial charge in [0.05, 0.1) is 12.5 Å². The van der Waals surface area contributed by atoms with Gasteiger partial charge in [0.2, 0.25) is 11.8 Å². The van der Waals surface area contributed by atoms with Crippen LogP contribution in [0, 0.1) is 18.3 Å². The highest BCUT2D eigenvalue weighted by atomic mass is 35.5. The Bertz CT molecular complexity index is 1120. The maximum Gasteiger partial charge on any atom is 0.227 e. The molecule has 0 aliphatic carbocycles. The molecule has 1 aromatic heterocycles. The van der Waals surface area contributed by atoms with E-state index in [0.717, 1.165) is 21.0 Å². The SMILES string of the molecule is Cc1ccc(Cc2cnc(NC(=O)CCC(=O)N(CCC#N)c3ccccc3)s2)cc1Cl. The van der Waals surface area contributed by atoms with Crippen LogP contribution in [0.15, 0.2) is 54.7 Å². The second-order valence-corrected chi connectivity index (χ2v) is 8.75. The largest absolute Gasteiger partial charge is 0.311 e. The number of aryl methyl sites for hydroxylation is 1. The standard InChI is InChI=1S/C24H23ClN4O2S/c1-17-8-9-18(15-21(17)25)14-20-16-27-24(32-20)28-22(30)10-11-23(31)29(13-5-12-26)19-6-3-2-4-7-19/h2-4,6-9,15-16H,5,10-11,13-14H2,1H3,(H,27,28,30). The Hall–Kier alpha value is -3.21. The molecule has 0 aliphatic rings. The van der Waals surface area contributed by atoms with Gasteiger partial charge in [0.1, 0.15) is 0 Å². The Labute approximate surface area is 196 Å². The molecule has 1 N–H and O–H groups in total. The first-order chi connectivity index (χ1) is 15.5. The van der Waals surface area contributed by atoms with E-state index in [2.05, 4.69) is 16.4 Å². The van der Waals surface area contributed by atoms with E-state index in [0.29, 0.717) is 23.8 Å². The van der Waals surface area contributed by atoms with Crippen molar-refractivity contribution >= 4 is 45.6 Å². The third kappa shape index (κ3) is 6.64. The van der Waals surface area contributed by atoms with Gasteiger partial charge in [-0.25, -0.2) is 4.98 Å². The number of benzene rings is 2. The predicted octanol–water partition coefficient (Wildman–Crippen LogP) is 5.36. The van der Waals surface area contributed by atoms with Gasteiger partial charge < -0.3 is 10.2 Å². The molecule has 3 aromatic rings. The number of para-hydroxylation sites is 1. The van der Waals surface area contributed by atoms with Crippen molar-refractivity contribution in [1.29, 1.82) is 5.26 Å². The predicted molar refractivity (Wildman–Crippen MR) is 128 cm³/mol. The molecular formula is C24H23ClN4O2S. The van der Waals surface area contributed by atoms with E-state index in [4.69, 9.17) is 16.9 Å². The molecular weight excluding hydrogens is 444 g/mol. The maximum absolute atomic E-state index is 12.7. The van der Waals surface area contributed by atoms with Crippen LogP contribution in [-0.2, 0) is 16.0 Å². The van der Waals surface area contributed by atoms with Crippen LogP contribution in [0.4, 0.5) is 10.8 Å². The quantitative estimate of drug-likeness (QED) is 0.459. The van der Waals surface area contributed by atoms with Gasteiger partial charge in [0.25, 0.3) is 0 Å². The number of amides is 2. The molecule has 32 heavy (non-hydrogen) atoms. The molecule has 0 saturated carbocycles. The second kappa shape index (κ2) is 11.4. The number of halogens is 1. The van der Waals surface area contributed by atoms with E-state index < -0.39 is 0 Å². The number of thiazole rings is 1. The lowest BCUT2D eigenvalue weighted by molar-refractivity contribution is -0.122. The molecule has 0 atom stereocenters. The smallest absolute Gasteiger partial charge is 0.227 e. The number of aromatic nitrogens is 1. The first kappa shape index (κ1) is 23.5. The van der Waals surface area contributed by atoms with Gasteiger partial charge >= 0.3 is 0 Å². The van der Waals surface area contributed by atoms with Gasteiger partial charge in [-0.05, 0) is 36.2 Å². The third-order valence-electron chi connectivity index (χ3n) is 4.80. The molecule has 0 unspecified atom stereocenters. The first-order valence-corrected chi connectivity index (χ1v) is 11.4. The zero-order valence-electron chi connectivity index (χ0n) is 17.7. The summed E-state index contributed by atoms with van der Waals surface area (Å²) in [6.45, 7) is 2.25. The van der Waals surface area contributed by atoms with E-state index in [1.807, 2.05) is 55.5 Å². The number of nitrogens with one attached hydrogen (secondary N) is 1. The Morgan fingerprint density at radius 2 is 1.97 bits per heavy atom. The summed E-state index contributed by atoms with van der Waals surface area (Å²) in [5, 5.41) is 12.9. The van der Waals surface area contributed by atoms with Crippen molar-refractivity contribution in [3.63, 3.8) is 0 Å². The van der Waals surface area contributed by atoms with Gasteiger partial charge in [-0.2, -0.15) is 5.26 Å². The molecule has 2 amide bonds. The van der Waals surface area contributed by atoms with Crippen LogP contribution in [-0.4, -0.2) is 23.3 Å². The van der Waals surface area contributed by atoms with Gasteiger partial charge in [0.15, 0.2) is 5.13 Å². The molecule has 1 heterocycles. The summed E-state index contributed by atoms with van der Waals surface area (Å²) in [7, 11) is 0. The second-order valence-electron chi connectivity index (χ2n) is 7.23. The molecule has 0 aliphatic heterocycles. The van der Waals surface area contributed by atoms with Crippen molar-refractivity contribution in [2.45, 2.75) is 32.6 Å². The van der Waals surface area contributed by atoms with Crippen molar-refractivity contribution in [1.82, 2.24) is 4.98 Å². The number of anilines is 2. The lowest BCUT2D eigenvalue weighted by atomic mass is 10.1. The summed E-state index contributed by atoms with van der Waals surface area (Å²) in [4.78, 5) is 31.8. The molecule has 2 aromatic carbocycles. The minimum Gasteiger partial charge on any atom is -0.311 e. The van der Waals surface area contributed by atoms with E-state index in [9.17, 15) is 9.59 Å². The minimum atomic E-state index is -0.272. The monoisotopic (exact) mass is 466 g/mol. The van der Waals surface area contributed by atoms with Crippen molar-refractivity contribution < 1.29 is 9.59 Å². The molecule has 164 valence electrons. The molecule has 0 spiro atoms. The van der Waals surface area contributed by atoms with Crippen LogP contribution >= 0.6 is 22.9 Å². The summed E-state index contributed by atoms with van der Waals surface area (Å²) in [6, 6.07) is 17.1. The number of hydrogen-bond donors (Lipinski definition) is 1. The number of hydrogen-bond acceptors (Lipinski definition) is 5. The fourth-order valence-electron chi connectivity index (χ4n) is 3.10. The van der Waals surface area contributed by atoms with Crippen LogP contribution in [0.1, 0.15) is 35.3 Å². The molecule has 0 saturated heterocycles. The van der Waals surface area contributed by atoms with Crippen LogP contribution in [0.5, 0.6) is 0 Å². The van der Waals surface area contributed by atoms with Crippen LogP contribution < -0.4 is 10.2 Å². The average Bonchev–Trinajstić information content (AvgIpc) is 3.22. The van der Waals surface area contributed by atoms with E-state index >= 15 is 0 Å². The molecule has 3 rings (SSSR count). The number of rotatable bonds is 9. The Morgan fingerprint density at radius 3 is 2.69 bits per heavy atom. The summed E-state index contributed by atoms with van der Waals surface area (Å²) in [5.41, 5.74) is 2.82. The molecule has 0 radical (unpaired) electrons. The summed E-state index contributed by atoms with van der Waals surface area (Å²) < 4.78 is 0. The van der Waals surface area contributed by atoms with Gasteiger partial charge in [-0.15, -0.1) is 11.3 Å². The highest BCUT2D eigenvalue weighted by Crippen LogP contribution is 2.24. The Morgan fingerprint density at radius 1 is 1.19 bits per heavy atom. The highest BCUT2D eigenvalue weighted by molar-refractivity contribution is 7.15. The highest BCUT2D eigenvalue weighted by Gasteiger charge is 2.17. The van der Waals surface area contributed by atoms with Crippen molar-refractivity contribution in [3.05, 3.63) is 75.8 Å². The average molecular weight is 467 g/mol. The Balaban J connectivity index is 1.53. The number of nitriles is 1. The van der Waals surface area contributed by atoms with Crippen molar-refractivity contribution in [3.8, 4) is 6.07 Å². The lowest BCUT2D eigenvalue weighted by Crippen LogP contribution is -2.32. The fraction of sp³-hybridized carbons (Fsp3) is 0.250. The number of carbonyl (C=O) groups is 2. The summed E-state index contributed by atoms with van der Waals surface area (Å²) in [5.74, 6) is -0.469. The van der Waals surface area contributed by atoms with Gasteiger partial charge in [0, 0.05) is 47.6 Å². The lowest BCUT2D eigenvalue weighted by Gasteiger charge is -2.21. The van der Waals surface area contributed by atoms with Gasteiger partial charge in [-0.3, -0.25) is 9.59 Å². The minimum absolute atomic E-state index is 0.0389. The van der Waals surface area contributed by atoms with Crippen LogP contribution in [0.3, 0.4) is 0 Å². The van der Waals surface area contributed by atoms with E-state index in [1.54, 1.807) is 11.1 Å². The zero-order chi connectivity index (χ0) is 22.9. The Kier molecular flexibility index (Phi) is 8.37. The summed E-state index contributed by atoms with van der Waals surface area (Å²) in [6.07, 6.45) is 2.72. The van der Waals surface area contributed by atoms with Crippen molar-refractivity contribution in [2.75, 3.05) is 16.8 Å². The van der Waals surface area contributed by atoms with E-state index in [-0.39, 0.29) is 31.1 Å². The van der Waals surface area contributed by atoms with Crippen molar-refractivity contribution in [2.24, 2.45) is 0 Å². The number of nitrogens with zero attached hydrogens (tertiary/aromatic N) is 3. The zero-order valence-corrected chi connectivity index (χ0v) is 19.2. The normalized spacial score (nSPS) is 10.4. The topological polar surface area (TPSA) is 86.1 Å². The van der Waals surface area contributed by atoms with E-state index in [1.165, 1.54) is 11.3 Å². The molecule has 6 nitrogen and oxygen atoms in total. The maximum atomic E-state index is 12.7. The summed E-state index contributed by atoms with van der Waals surface area (Å²) >= 11 is 7.58. The number of carbonyl (C=O) groups excluding carboxylic acids is 2. The fourth-order valence-corrected chi connectivity index (χ4v) is 4.17. The molecule has 0 bridgehead atoms. The van der Waals surface area contributed by atoms with Crippen LogP contribution in [0.25, 0.3) is 0 Å². The third-order valence-corrected chi connectivity index (χ3v) is 6.12. The first-order valence-electron chi connectivity index (χ1n) is 10.2.